The van der Waals surface area contributed by atoms with Crippen molar-refractivity contribution in [2.75, 3.05) is 6.54 Å². The number of amides is 1. The van der Waals surface area contributed by atoms with Crippen molar-refractivity contribution in [1.82, 2.24) is 4.90 Å². The maximum absolute atomic E-state index is 13.3. The average molecular weight is 323 g/mol. The van der Waals surface area contributed by atoms with E-state index in [9.17, 15) is 18.4 Å². The fourth-order valence-electron chi connectivity index (χ4n) is 3.13. The van der Waals surface area contributed by atoms with Crippen molar-refractivity contribution in [3.8, 4) is 0 Å². The second-order valence-electron chi connectivity index (χ2n) is 6.50. The molecule has 2 aliphatic rings. The highest BCUT2D eigenvalue weighted by molar-refractivity contribution is 5.82. The molecule has 2 atom stereocenters. The summed E-state index contributed by atoms with van der Waals surface area (Å²) < 4.78 is 26.3. The van der Waals surface area contributed by atoms with Gasteiger partial charge in [0, 0.05) is 19.0 Å². The molecule has 1 amide bonds. The second-order valence-corrected chi connectivity index (χ2v) is 6.50. The van der Waals surface area contributed by atoms with Crippen LogP contribution in [-0.4, -0.2) is 28.4 Å². The molecule has 0 saturated heterocycles. The molecule has 2 saturated carbocycles. The molecule has 0 aromatic heterocycles. The lowest BCUT2D eigenvalue weighted by molar-refractivity contribution is -0.139. The lowest BCUT2D eigenvalue weighted by Gasteiger charge is -2.22. The molecule has 4 nitrogen and oxygen atoms in total. The summed E-state index contributed by atoms with van der Waals surface area (Å²) in [7, 11) is 0. The van der Waals surface area contributed by atoms with Gasteiger partial charge in [-0.15, -0.1) is 0 Å². The van der Waals surface area contributed by atoms with Gasteiger partial charge in [-0.05, 0) is 48.8 Å². The number of carboxylic acid groups (broad SMARTS) is 1. The molecule has 0 heterocycles. The summed E-state index contributed by atoms with van der Waals surface area (Å²) in [5.41, 5.74) is 0.464. The zero-order chi connectivity index (χ0) is 16.6. The van der Waals surface area contributed by atoms with E-state index in [2.05, 4.69) is 0 Å². The molecular weight excluding hydrogens is 304 g/mol. The molecule has 0 radical (unpaired) electrons. The quantitative estimate of drug-likeness (QED) is 0.839. The minimum atomic E-state index is -0.984. The lowest BCUT2D eigenvalue weighted by Crippen LogP contribution is -2.34. The van der Waals surface area contributed by atoms with Crippen molar-refractivity contribution < 1.29 is 23.5 Å². The molecular formula is C17H19F2NO3. The number of hydrogen-bond donors (Lipinski definition) is 1. The molecule has 2 unspecified atom stereocenters. The third-order valence-electron chi connectivity index (χ3n) is 4.65. The first-order valence-electron chi connectivity index (χ1n) is 7.90. The molecule has 0 aliphatic heterocycles. The molecule has 2 fully saturated rings. The van der Waals surface area contributed by atoms with E-state index in [0.29, 0.717) is 17.4 Å². The van der Waals surface area contributed by atoms with Gasteiger partial charge in [0.05, 0.1) is 6.42 Å². The van der Waals surface area contributed by atoms with E-state index in [-0.39, 0.29) is 31.3 Å². The van der Waals surface area contributed by atoms with Gasteiger partial charge in [-0.2, -0.15) is 0 Å². The third-order valence-corrected chi connectivity index (χ3v) is 4.65. The van der Waals surface area contributed by atoms with E-state index in [1.807, 2.05) is 0 Å². The smallest absolute Gasteiger partial charge is 0.305 e. The summed E-state index contributed by atoms with van der Waals surface area (Å²) in [6, 6.07) is 3.50. The largest absolute Gasteiger partial charge is 0.481 e. The van der Waals surface area contributed by atoms with Crippen LogP contribution in [0.3, 0.4) is 0 Å². The molecule has 1 N–H and O–H groups in total. The Hall–Kier alpha value is -1.98. The predicted molar refractivity (Wildman–Crippen MR) is 78.3 cm³/mol. The van der Waals surface area contributed by atoms with Crippen LogP contribution in [0.1, 0.15) is 31.2 Å². The van der Waals surface area contributed by atoms with Crippen LogP contribution >= 0.6 is 0 Å². The van der Waals surface area contributed by atoms with Crippen LogP contribution in [0.5, 0.6) is 0 Å². The first kappa shape index (κ1) is 15.9. The van der Waals surface area contributed by atoms with Gasteiger partial charge in [0.15, 0.2) is 11.6 Å². The van der Waals surface area contributed by atoms with Crippen LogP contribution in [0.4, 0.5) is 8.78 Å². The monoisotopic (exact) mass is 323 g/mol. The Labute approximate surface area is 133 Å². The summed E-state index contributed by atoms with van der Waals surface area (Å²) in [6.07, 6.45) is 3.06. The number of carboxylic acids is 1. The summed E-state index contributed by atoms with van der Waals surface area (Å²) in [6.45, 7) is 0.193. The third kappa shape index (κ3) is 3.86. The fraction of sp³-hybridized carbons (Fsp3) is 0.529. The summed E-state index contributed by atoms with van der Waals surface area (Å²) in [5.74, 6) is -1.89. The Kier molecular flexibility index (Phi) is 4.33. The van der Waals surface area contributed by atoms with Crippen molar-refractivity contribution in [3.63, 3.8) is 0 Å². The zero-order valence-corrected chi connectivity index (χ0v) is 12.7. The first-order valence-corrected chi connectivity index (χ1v) is 7.90. The Morgan fingerprint density at radius 2 is 1.96 bits per heavy atom. The van der Waals surface area contributed by atoms with Gasteiger partial charge in [0.1, 0.15) is 0 Å². The summed E-state index contributed by atoms with van der Waals surface area (Å²) in [4.78, 5) is 24.8. The van der Waals surface area contributed by atoms with E-state index in [0.717, 1.165) is 18.6 Å². The predicted octanol–water partition coefficient (Wildman–Crippen LogP) is 2.81. The summed E-state index contributed by atoms with van der Waals surface area (Å²) >= 11 is 0. The maximum Gasteiger partial charge on any atom is 0.305 e. The molecule has 1 aromatic carbocycles. The number of hydrogen-bond acceptors (Lipinski definition) is 2. The molecule has 23 heavy (non-hydrogen) atoms. The normalized spacial score (nSPS) is 22.7. The van der Waals surface area contributed by atoms with Crippen LogP contribution in [0, 0.1) is 29.4 Å². The van der Waals surface area contributed by atoms with E-state index < -0.39 is 17.6 Å². The highest BCUT2D eigenvalue weighted by Gasteiger charge is 2.52. The van der Waals surface area contributed by atoms with Gasteiger partial charge >= 0.3 is 5.97 Å². The highest BCUT2D eigenvalue weighted by Crippen LogP contribution is 2.54. The van der Waals surface area contributed by atoms with Crippen molar-refractivity contribution in [1.29, 1.82) is 0 Å². The van der Waals surface area contributed by atoms with Crippen molar-refractivity contribution in [3.05, 3.63) is 35.4 Å². The Morgan fingerprint density at radius 1 is 1.22 bits per heavy atom. The Morgan fingerprint density at radius 3 is 2.57 bits per heavy atom. The van der Waals surface area contributed by atoms with E-state index in [4.69, 9.17) is 5.11 Å². The van der Waals surface area contributed by atoms with Gasteiger partial charge in [-0.1, -0.05) is 6.07 Å². The highest BCUT2D eigenvalue weighted by atomic mass is 19.2. The van der Waals surface area contributed by atoms with Crippen LogP contribution in [0.2, 0.25) is 0 Å². The second kappa shape index (κ2) is 6.26. The molecule has 0 spiro atoms. The van der Waals surface area contributed by atoms with Gasteiger partial charge in [-0.3, -0.25) is 9.59 Å². The van der Waals surface area contributed by atoms with Crippen LogP contribution in [0.25, 0.3) is 0 Å². The minimum Gasteiger partial charge on any atom is -0.481 e. The van der Waals surface area contributed by atoms with Crippen molar-refractivity contribution in [2.24, 2.45) is 17.8 Å². The SMILES string of the molecule is O=C(O)CCN(Cc1ccc(F)c(F)c1)C(=O)C1CC1C1CC1. The number of carbonyl (C=O) groups is 2. The van der Waals surface area contributed by atoms with Gasteiger partial charge in [-0.25, -0.2) is 8.78 Å². The number of nitrogens with zero attached hydrogens (tertiary/aromatic N) is 1. The number of aliphatic carboxylic acids is 1. The van der Waals surface area contributed by atoms with Crippen LogP contribution in [-0.2, 0) is 16.1 Å². The fourth-order valence-corrected chi connectivity index (χ4v) is 3.13. The Balaban J connectivity index is 1.68. The molecule has 3 rings (SSSR count). The number of rotatable bonds is 7. The zero-order valence-electron chi connectivity index (χ0n) is 12.7. The Bertz CT molecular complexity index is 630. The van der Waals surface area contributed by atoms with E-state index in [1.165, 1.54) is 23.8 Å². The maximum atomic E-state index is 13.3. The van der Waals surface area contributed by atoms with Gasteiger partial charge in [0.2, 0.25) is 5.91 Å². The molecule has 2 aliphatic carbocycles. The van der Waals surface area contributed by atoms with Crippen LogP contribution < -0.4 is 0 Å². The summed E-state index contributed by atoms with van der Waals surface area (Å²) in [5, 5.41) is 8.85. The molecule has 0 bridgehead atoms. The topological polar surface area (TPSA) is 57.6 Å². The lowest BCUT2D eigenvalue weighted by atomic mass is 10.1. The molecule has 124 valence electrons. The van der Waals surface area contributed by atoms with Crippen molar-refractivity contribution >= 4 is 11.9 Å². The average Bonchev–Trinajstić information content (AvgIpc) is 3.37. The van der Waals surface area contributed by atoms with Gasteiger partial charge < -0.3 is 10.0 Å². The molecule has 6 heteroatoms. The number of carbonyl (C=O) groups excluding carboxylic acids is 1. The van der Waals surface area contributed by atoms with Gasteiger partial charge in [0.25, 0.3) is 0 Å². The minimum absolute atomic E-state index is 0.0263. The van der Waals surface area contributed by atoms with E-state index >= 15 is 0 Å². The van der Waals surface area contributed by atoms with Crippen molar-refractivity contribution in [2.45, 2.75) is 32.2 Å². The number of halogens is 2. The van der Waals surface area contributed by atoms with Crippen LogP contribution in [0.15, 0.2) is 18.2 Å². The standard InChI is InChI=1S/C17H19F2NO3/c18-14-4-1-10(7-15(14)19)9-20(6-5-16(21)22)17(23)13-8-12(13)11-2-3-11/h1,4,7,11-13H,2-3,5-6,8-9H2,(H,21,22). The number of benzene rings is 1. The first-order chi connectivity index (χ1) is 11.0. The van der Waals surface area contributed by atoms with E-state index in [1.54, 1.807) is 0 Å². The molecule has 1 aromatic rings.